The van der Waals surface area contributed by atoms with Gasteiger partial charge in [0.15, 0.2) is 0 Å². The van der Waals surface area contributed by atoms with Crippen molar-refractivity contribution >= 4 is 17.4 Å². The molecule has 0 unspecified atom stereocenters. The smallest absolute Gasteiger partial charge is 0.141 e. The van der Waals surface area contributed by atoms with Crippen LogP contribution < -0.4 is 5.73 Å². The normalized spacial score (nSPS) is 11.9. The van der Waals surface area contributed by atoms with Gasteiger partial charge < -0.3 is 10.3 Å². The molecular formula is C15H19ClFN3. The Morgan fingerprint density at radius 2 is 2.00 bits per heavy atom. The number of nitrogens with zero attached hydrogens (tertiary/aromatic N) is 2. The predicted octanol–water partition coefficient (Wildman–Crippen LogP) is 4.24. The highest BCUT2D eigenvalue weighted by Crippen LogP contribution is 2.33. The molecule has 0 amide bonds. The third-order valence-electron chi connectivity index (χ3n) is 3.19. The van der Waals surface area contributed by atoms with Crippen molar-refractivity contribution in [3.05, 3.63) is 34.9 Å². The first kappa shape index (κ1) is 14.9. The van der Waals surface area contributed by atoms with E-state index in [1.165, 1.54) is 6.07 Å². The monoisotopic (exact) mass is 295 g/mol. The zero-order valence-corrected chi connectivity index (χ0v) is 12.9. The number of anilines is 1. The highest BCUT2D eigenvalue weighted by Gasteiger charge is 2.25. The maximum Gasteiger partial charge on any atom is 0.141 e. The van der Waals surface area contributed by atoms with E-state index in [1.807, 2.05) is 11.5 Å². The van der Waals surface area contributed by atoms with Gasteiger partial charge >= 0.3 is 0 Å². The second-order valence-corrected chi connectivity index (χ2v) is 6.20. The fourth-order valence-corrected chi connectivity index (χ4v) is 2.39. The molecule has 0 aliphatic carbocycles. The van der Waals surface area contributed by atoms with Gasteiger partial charge in [-0.3, -0.25) is 0 Å². The Kier molecular flexibility index (Phi) is 3.78. The van der Waals surface area contributed by atoms with Crippen LogP contribution in [-0.2, 0) is 12.0 Å². The topological polar surface area (TPSA) is 43.8 Å². The molecule has 0 radical (unpaired) electrons. The summed E-state index contributed by atoms with van der Waals surface area (Å²) in [6.45, 7) is 9.02. The van der Waals surface area contributed by atoms with Crippen molar-refractivity contribution in [2.24, 2.45) is 0 Å². The molecule has 0 aliphatic rings. The number of benzene rings is 1. The Hall–Kier alpha value is -1.55. The van der Waals surface area contributed by atoms with E-state index in [-0.39, 0.29) is 10.4 Å². The third kappa shape index (κ3) is 2.52. The number of nitrogens with two attached hydrogens (primary N) is 1. The Bertz CT molecular complexity index is 641. The van der Waals surface area contributed by atoms with Crippen molar-refractivity contribution in [2.45, 2.75) is 39.7 Å². The summed E-state index contributed by atoms with van der Waals surface area (Å²) in [5.41, 5.74) is 7.46. The van der Waals surface area contributed by atoms with Gasteiger partial charge in [-0.05, 0) is 25.1 Å². The van der Waals surface area contributed by atoms with Crippen LogP contribution in [0, 0.1) is 5.82 Å². The predicted molar refractivity (Wildman–Crippen MR) is 81.4 cm³/mol. The summed E-state index contributed by atoms with van der Waals surface area (Å²) in [5, 5.41) is 0.0743. The van der Waals surface area contributed by atoms with E-state index in [2.05, 4.69) is 25.8 Å². The summed E-state index contributed by atoms with van der Waals surface area (Å²) in [4.78, 5) is 4.65. The van der Waals surface area contributed by atoms with Gasteiger partial charge in [0.1, 0.15) is 23.2 Å². The number of hydrogen-bond acceptors (Lipinski definition) is 2. The van der Waals surface area contributed by atoms with Crippen molar-refractivity contribution in [3.8, 4) is 11.3 Å². The Morgan fingerprint density at radius 3 is 2.45 bits per heavy atom. The van der Waals surface area contributed by atoms with Crippen LogP contribution in [0.2, 0.25) is 5.02 Å². The lowest BCUT2D eigenvalue weighted by Gasteiger charge is -2.19. The van der Waals surface area contributed by atoms with E-state index >= 15 is 0 Å². The molecule has 1 aromatic heterocycles. The summed E-state index contributed by atoms with van der Waals surface area (Å²) in [7, 11) is 0. The zero-order chi connectivity index (χ0) is 15.1. The Morgan fingerprint density at radius 1 is 1.35 bits per heavy atom. The van der Waals surface area contributed by atoms with E-state index in [9.17, 15) is 4.39 Å². The van der Waals surface area contributed by atoms with Gasteiger partial charge in [0.2, 0.25) is 0 Å². The van der Waals surface area contributed by atoms with E-state index in [0.717, 1.165) is 17.9 Å². The average Bonchev–Trinajstić information content (AvgIpc) is 2.69. The number of nitrogen functional groups attached to an aromatic ring is 1. The molecule has 0 fully saturated rings. The van der Waals surface area contributed by atoms with E-state index in [1.54, 1.807) is 12.1 Å². The molecule has 3 nitrogen and oxygen atoms in total. The molecule has 108 valence electrons. The highest BCUT2D eigenvalue weighted by atomic mass is 35.5. The van der Waals surface area contributed by atoms with Crippen molar-refractivity contribution in [2.75, 3.05) is 5.73 Å². The van der Waals surface area contributed by atoms with Crippen LogP contribution in [-0.4, -0.2) is 9.55 Å². The van der Waals surface area contributed by atoms with Gasteiger partial charge in [-0.2, -0.15) is 0 Å². The fourth-order valence-electron chi connectivity index (χ4n) is 2.21. The molecule has 0 saturated heterocycles. The molecule has 2 N–H and O–H groups in total. The van der Waals surface area contributed by atoms with Crippen LogP contribution >= 0.6 is 11.6 Å². The molecule has 0 aliphatic heterocycles. The van der Waals surface area contributed by atoms with Crippen LogP contribution in [0.3, 0.4) is 0 Å². The fraction of sp³-hybridized carbons (Fsp3) is 0.400. The molecule has 2 aromatic rings. The van der Waals surface area contributed by atoms with Crippen LogP contribution in [0.4, 0.5) is 10.2 Å². The standard InChI is InChI=1S/C15H19ClFN3/c1-5-20-13(18)12(19-14(20)15(2,3)4)9-6-7-11(17)10(16)8-9/h6-8H,5,18H2,1-4H3. The molecule has 1 aromatic carbocycles. The van der Waals surface area contributed by atoms with E-state index < -0.39 is 5.82 Å². The largest absolute Gasteiger partial charge is 0.383 e. The van der Waals surface area contributed by atoms with Gasteiger partial charge in [-0.15, -0.1) is 0 Å². The van der Waals surface area contributed by atoms with Crippen LogP contribution in [0.5, 0.6) is 0 Å². The van der Waals surface area contributed by atoms with Gasteiger partial charge in [-0.1, -0.05) is 32.4 Å². The minimum absolute atomic E-state index is 0.0743. The number of rotatable bonds is 2. The highest BCUT2D eigenvalue weighted by molar-refractivity contribution is 6.31. The van der Waals surface area contributed by atoms with Crippen molar-refractivity contribution in [3.63, 3.8) is 0 Å². The van der Waals surface area contributed by atoms with Crippen molar-refractivity contribution < 1.29 is 4.39 Å². The zero-order valence-electron chi connectivity index (χ0n) is 12.2. The molecule has 0 saturated carbocycles. The van der Waals surface area contributed by atoms with Crippen molar-refractivity contribution in [1.82, 2.24) is 9.55 Å². The van der Waals surface area contributed by atoms with Gasteiger partial charge in [0.05, 0.1) is 5.02 Å². The van der Waals surface area contributed by atoms with Crippen molar-refractivity contribution in [1.29, 1.82) is 0 Å². The van der Waals surface area contributed by atoms with Crippen LogP contribution in [0.15, 0.2) is 18.2 Å². The number of aromatic nitrogens is 2. The molecule has 0 atom stereocenters. The first-order valence-electron chi connectivity index (χ1n) is 6.57. The SMILES string of the molecule is CCn1c(C(C)(C)C)nc(-c2ccc(F)c(Cl)c2)c1N. The maximum atomic E-state index is 13.3. The maximum absolute atomic E-state index is 13.3. The summed E-state index contributed by atoms with van der Waals surface area (Å²) in [6.07, 6.45) is 0. The molecule has 0 bridgehead atoms. The van der Waals surface area contributed by atoms with E-state index in [0.29, 0.717) is 11.5 Å². The Labute approximate surface area is 123 Å². The quantitative estimate of drug-likeness (QED) is 0.900. The van der Waals surface area contributed by atoms with Gasteiger partial charge in [-0.25, -0.2) is 9.37 Å². The van der Waals surface area contributed by atoms with Crippen LogP contribution in [0.1, 0.15) is 33.5 Å². The van der Waals surface area contributed by atoms with Gasteiger partial charge in [0.25, 0.3) is 0 Å². The lowest BCUT2D eigenvalue weighted by Crippen LogP contribution is -2.19. The van der Waals surface area contributed by atoms with Gasteiger partial charge in [0, 0.05) is 17.5 Å². The average molecular weight is 296 g/mol. The molecule has 0 spiro atoms. The molecular weight excluding hydrogens is 277 g/mol. The minimum atomic E-state index is -0.444. The number of hydrogen-bond donors (Lipinski definition) is 1. The first-order chi connectivity index (χ1) is 9.25. The first-order valence-corrected chi connectivity index (χ1v) is 6.95. The summed E-state index contributed by atoms with van der Waals surface area (Å²) >= 11 is 5.84. The van der Waals surface area contributed by atoms with E-state index in [4.69, 9.17) is 17.3 Å². The third-order valence-corrected chi connectivity index (χ3v) is 3.48. The second kappa shape index (κ2) is 5.09. The molecule has 1 heterocycles. The lowest BCUT2D eigenvalue weighted by atomic mass is 9.95. The number of imidazole rings is 1. The summed E-state index contributed by atoms with van der Waals surface area (Å²) in [6, 6.07) is 4.53. The molecule has 20 heavy (non-hydrogen) atoms. The molecule has 5 heteroatoms. The molecule has 2 rings (SSSR count). The minimum Gasteiger partial charge on any atom is -0.383 e. The number of halogens is 2. The second-order valence-electron chi connectivity index (χ2n) is 5.79. The summed E-state index contributed by atoms with van der Waals surface area (Å²) < 4.78 is 15.2. The van der Waals surface area contributed by atoms with Crippen LogP contribution in [0.25, 0.3) is 11.3 Å². The summed E-state index contributed by atoms with van der Waals surface area (Å²) in [5.74, 6) is 1.05. The lowest BCUT2D eigenvalue weighted by molar-refractivity contribution is 0.508. The Balaban J connectivity index is 2.63.